The number of anilines is 1. The minimum atomic E-state index is -0.507. The van der Waals surface area contributed by atoms with Gasteiger partial charge in [0.05, 0.1) is 5.69 Å². The summed E-state index contributed by atoms with van der Waals surface area (Å²) in [4.78, 5) is 33.9. The van der Waals surface area contributed by atoms with Gasteiger partial charge in [0.15, 0.2) is 5.13 Å². The zero-order valence-corrected chi connectivity index (χ0v) is 16.4. The Hall–Kier alpha value is -3.32. The predicted molar refractivity (Wildman–Crippen MR) is 114 cm³/mol. The summed E-state index contributed by atoms with van der Waals surface area (Å²) in [6, 6.07) is 11.7. The van der Waals surface area contributed by atoms with Crippen molar-refractivity contribution >= 4 is 28.0 Å². The van der Waals surface area contributed by atoms with Crippen LogP contribution in [0.1, 0.15) is 34.3 Å². The highest BCUT2D eigenvalue weighted by molar-refractivity contribution is 7.14. The van der Waals surface area contributed by atoms with Gasteiger partial charge in [0.2, 0.25) is 0 Å². The number of benzene rings is 1. The van der Waals surface area contributed by atoms with Crippen molar-refractivity contribution in [2.24, 2.45) is 0 Å². The molecule has 1 aliphatic carbocycles. The van der Waals surface area contributed by atoms with Crippen LogP contribution in [0.15, 0.2) is 59.0 Å². The summed E-state index contributed by atoms with van der Waals surface area (Å²) in [5.41, 5.74) is 4.77. The molecular weight excluding hydrogens is 384 g/mol. The lowest BCUT2D eigenvalue weighted by atomic mass is 9.90. The number of fused-ring (bicyclic) bond motifs is 2. The zero-order valence-electron chi connectivity index (χ0n) is 15.6. The standard InChI is InChI=1S/C22H18N4O2S/c27-20(17-12-23-19-7-3-4-10-26(19)21(17)28)25-22-24-18(13-29-22)16-9-8-14-5-1-2-6-15(14)11-16/h3-4,7-13H,1-2,5-6H2,(H,24,25,27). The van der Waals surface area contributed by atoms with Crippen molar-refractivity contribution in [3.63, 3.8) is 0 Å². The minimum Gasteiger partial charge on any atom is -0.298 e. The van der Waals surface area contributed by atoms with Crippen molar-refractivity contribution in [1.82, 2.24) is 14.4 Å². The molecule has 1 amide bonds. The SMILES string of the molecule is O=C(Nc1nc(-c2ccc3c(c2)CCCC3)cs1)c1cnc2ccccn2c1=O. The summed E-state index contributed by atoms with van der Waals surface area (Å²) in [6.45, 7) is 0. The Balaban J connectivity index is 1.40. The molecule has 0 aliphatic heterocycles. The maximum atomic E-state index is 12.6. The Morgan fingerprint density at radius 1 is 1.10 bits per heavy atom. The average molecular weight is 402 g/mol. The van der Waals surface area contributed by atoms with Gasteiger partial charge in [-0.3, -0.25) is 19.3 Å². The first-order chi connectivity index (χ1) is 14.2. The molecule has 6 nitrogen and oxygen atoms in total. The zero-order chi connectivity index (χ0) is 19.8. The lowest BCUT2D eigenvalue weighted by molar-refractivity contribution is 0.102. The van der Waals surface area contributed by atoms with Crippen LogP contribution in [0.3, 0.4) is 0 Å². The Bertz CT molecular complexity index is 1290. The van der Waals surface area contributed by atoms with Crippen LogP contribution in [-0.2, 0) is 12.8 Å². The van der Waals surface area contributed by atoms with Gasteiger partial charge in [0.1, 0.15) is 11.2 Å². The van der Waals surface area contributed by atoms with Crippen LogP contribution in [0.5, 0.6) is 0 Å². The Kier molecular flexibility index (Phi) is 4.44. The molecule has 1 aromatic carbocycles. The highest BCUT2D eigenvalue weighted by atomic mass is 32.1. The molecule has 0 fully saturated rings. The molecule has 0 atom stereocenters. The van der Waals surface area contributed by atoms with Gasteiger partial charge in [0, 0.05) is 23.3 Å². The molecule has 4 aromatic rings. The number of nitrogens with one attached hydrogen (secondary N) is 1. The number of hydrogen-bond acceptors (Lipinski definition) is 5. The molecule has 0 unspecified atom stereocenters. The van der Waals surface area contributed by atoms with E-state index in [4.69, 9.17) is 0 Å². The summed E-state index contributed by atoms with van der Waals surface area (Å²) >= 11 is 1.34. The third kappa shape index (κ3) is 3.34. The number of aromatic nitrogens is 3. The second kappa shape index (κ2) is 7.25. The fourth-order valence-corrected chi connectivity index (χ4v) is 4.42. The van der Waals surface area contributed by atoms with Crippen molar-refractivity contribution in [3.8, 4) is 11.3 Å². The number of hydrogen-bond donors (Lipinski definition) is 1. The van der Waals surface area contributed by atoms with E-state index < -0.39 is 11.5 Å². The van der Waals surface area contributed by atoms with Gasteiger partial charge in [-0.1, -0.05) is 18.2 Å². The maximum Gasteiger partial charge on any atom is 0.270 e. The van der Waals surface area contributed by atoms with Crippen LogP contribution >= 0.6 is 11.3 Å². The molecule has 29 heavy (non-hydrogen) atoms. The van der Waals surface area contributed by atoms with Gasteiger partial charge < -0.3 is 0 Å². The number of aryl methyl sites for hydroxylation is 2. The molecule has 0 saturated heterocycles. The van der Waals surface area contributed by atoms with Crippen molar-refractivity contribution in [2.45, 2.75) is 25.7 Å². The number of carbonyl (C=O) groups is 1. The maximum absolute atomic E-state index is 12.6. The third-order valence-corrected chi connectivity index (χ3v) is 5.98. The molecule has 3 heterocycles. The summed E-state index contributed by atoms with van der Waals surface area (Å²) in [5, 5.41) is 5.11. The van der Waals surface area contributed by atoms with Crippen LogP contribution in [0.25, 0.3) is 16.9 Å². The van der Waals surface area contributed by atoms with Gasteiger partial charge in [-0.2, -0.15) is 0 Å². The number of carbonyl (C=O) groups excluding carboxylic acids is 1. The van der Waals surface area contributed by atoms with E-state index in [0.717, 1.165) is 24.1 Å². The molecule has 144 valence electrons. The predicted octanol–water partition coefficient (Wildman–Crippen LogP) is 3.95. The topological polar surface area (TPSA) is 76.4 Å². The van der Waals surface area contributed by atoms with Gasteiger partial charge in [-0.15, -0.1) is 11.3 Å². The molecular formula is C22H18N4O2S. The summed E-state index contributed by atoms with van der Waals surface area (Å²) in [5.74, 6) is -0.507. The van der Waals surface area contributed by atoms with Gasteiger partial charge in [-0.25, -0.2) is 9.97 Å². The molecule has 0 spiro atoms. The second-order valence-corrected chi connectivity index (χ2v) is 7.95. The largest absolute Gasteiger partial charge is 0.298 e. The summed E-state index contributed by atoms with van der Waals surface area (Å²) in [7, 11) is 0. The van der Waals surface area contributed by atoms with E-state index in [1.54, 1.807) is 24.4 Å². The van der Waals surface area contributed by atoms with Crippen molar-refractivity contribution in [1.29, 1.82) is 0 Å². The molecule has 5 rings (SSSR count). The van der Waals surface area contributed by atoms with E-state index >= 15 is 0 Å². The minimum absolute atomic E-state index is 0.0146. The van der Waals surface area contributed by atoms with Gasteiger partial charge in [0.25, 0.3) is 11.5 Å². The van der Waals surface area contributed by atoms with Crippen molar-refractivity contribution < 1.29 is 4.79 Å². The fraction of sp³-hybridized carbons (Fsp3) is 0.182. The Morgan fingerprint density at radius 3 is 2.86 bits per heavy atom. The average Bonchev–Trinajstić information content (AvgIpc) is 3.22. The lowest BCUT2D eigenvalue weighted by Crippen LogP contribution is -2.26. The fourth-order valence-electron chi connectivity index (χ4n) is 3.70. The molecule has 3 aromatic heterocycles. The van der Waals surface area contributed by atoms with Crippen LogP contribution < -0.4 is 10.9 Å². The molecule has 0 radical (unpaired) electrons. The van der Waals surface area contributed by atoms with E-state index in [2.05, 4.69) is 33.5 Å². The highest BCUT2D eigenvalue weighted by Gasteiger charge is 2.16. The van der Waals surface area contributed by atoms with Gasteiger partial charge in [-0.05, 0) is 55.0 Å². The van der Waals surface area contributed by atoms with E-state index in [1.165, 1.54) is 45.9 Å². The molecule has 0 bridgehead atoms. The molecule has 0 saturated carbocycles. The number of rotatable bonds is 3. The van der Waals surface area contributed by atoms with E-state index in [0.29, 0.717) is 10.8 Å². The first-order valence-corrected chi connectivity index (χ1v) is 10.4. The number of pyridine rings is 1. The van der Waals surface area contributed by atoms with Crippen molar-refractivity contribution in [3.05, 3.63) is 81.2 Å². The monoisotopic (exact) mass is 402 g/mol. The van der Waals surface area contributed by atoms with Crippen LogP contribution in [0.4, 0.5) is 5.13 Å². The Labute approximate surface area is 170 Å². The summed E-state index contributed by atoms with van der Waals surface area (Å²) < 4.78 is 1.36. The second-order valence-electron chi connectivity index (χ2n) is 7.09. The van der Waals surface area contributed by atoms with Crippen molar-refractivity contribution in [2.75, 3.05) is 5.32 Å². The van der Waals surface area contributed by atoms with Crippen LogP contribution in [-0.4, -0.2) is 20.3 Å². The highest BCUT2D eigenvalue weighted by Crippen LogP contribution is 2.29. The van der Waals surface area contributed by atoms with Crippen LogP contribution in [0.2, 0.25) is 0 Å². The smallest absolute Gasteiger partial charge is 0.270 e. The molecule has 7 heteroatoms. The van der Waals surface area contributed by atoms with E-state index in [-0.39, 0.29) is 5.56 Å². The quantitative estimate of drug-likeness (QED) is 0.563. The van der Waals surface area contributed by atoms with E-state index in [9.17, 15) is 9.59 Å². The number of nitrogens with zero attached hydrogens (tertiary/aromatic N) is 3. The van der Waals surface area contributed by atoms with Crippen LogP contribution in [0, 0.1) is 0 Å². The Morgan fingerprint density at radius 2 is 1.97 bits per heavy atom. The summed E-state index contributed by atoms with van der Waals surface area (Å²) in [6.07, 6.45) is 7.64. The first-order valence-electron chi connectivity index (χ1n) is 9.54. The molecule has 1 N–H and O–H groups in total. The first kappa shape index (κ1) is 17.8. The normalized spacial score (nSPS) is 13.2. The third-order valence-electron chi connectivity index (χ3n) is 5.23. The van der Waals surface area contributed by atoms with Gasteiger partial charge >= 0.3 is 0 Å². The number of amides is 1. The van der Waals surface area contributed by atoms with E-state index in [1.807, 2.05) is 5.38 Å². The lowest BCUT2D eigenvalue weighted by Gasteiger charge is -2.16. The number of thiazole rings is 1. The molecule has 1 aliphatic rings.